The Morgan fingerprint density at radius 3 is 2.68 bits per heavy atom. The number of nitrogens with zero attached hydrogens (tertiary/aromatic N) is 1. The monoisotopic (exact) mass is 353 g/mol. The zero-order valence-corrected chi connectivity index (χ0v) is 14.9. The number of aromatic nitrogens is 1. The Bertz CT molecular complexity index is 897. The number of hydrogen-bond donors (Lipinski definition) is 2. The van der Waals surface area contributed by atoms with E-state index in [1.165, 1.54) is 11.8 Å². The fourth-order valence-corrected chi connectivity index (χ4v) is 3.25. The maximum Gasteiger partial charge on any atom is 0.272 e. The minimum absolute atomic E-state index is 0.142. The second-order valence-electron chi connectivity index (χ2n) is 5.77. The van der Waals surface area contributed by atoms with Gasteiger partial charge in [-0.05, 0) is 48.2 Å². The Labute approximate surface area is 150 Å². The second-order valence-corrected chi connectivity index (χ2v) is 6.80. The molecular weight excluding hydrogens is 334 g/mol. The highest BCUT2D eigenvalue weighted by Crippen LogP contribution is 2.21. The van der Waals surface area contributed by atoms with Crippen molar-refractivity contribution in [2.24, 2.45) is 0 Å². The molecule has 0 aliphatic carbocycles. The molecule has 0 spiro atoms. The van der Waals surface area contributed by atoms with E-state index in [4.69, 9.17) is 0 Å². The minimum atomic E-state index is -0.181. The number of thiophene rings is 1. The van der Waals surface area contributed by atoms with Gasteiger partial charge in [0.2, 0.25) is 5.91 Å². The number of aryl methyl sites for hydroxylation is 1. The minimum Gasteiger partial charge on any atom is -0.338 e. The number of amides is 2. The predicted octanol–water partition coefficient (Wildman–Crippen LogP) is 4.12. The molecule has 3 rings (SSSR count). The summed E-state index contributed by atoms with van der Waals surface area (Å²) in [7, 11) is 0. The molecule has 0 unspecified atom stereocenters. The zero-order valence-electron chi connectivity index (χ0n) is 14.1. The van der Waals surface area contributed by atoms with E-state index in [0.717, 1.165) is 5.56 Å². The van der Waals surface area contributed by atoms with Gasteiger partial charge in [-0.3, -0.25) is 9.59 Å². The van der Waals surface area contributed by atoms with Crippen LogP contribution >= 0.6 is 11.3 Å². The first-order valence-corrected chi connectivity index (χ1v) is 8.78. The topological polar surface area (TPSA) is 63.1 Å². The summed E-state index contributed by atoms with van der Waals surface area (Å²) in [4.78, 5) is 25.1. The first-order valence-electron chi connectivity index (χ1n) is 7.90. The molecule has 128 valence electrons. The van der Waals surface area contributed by atoms with Crippen molar-refractivity contribution in [1.82, 2.24) is 4.57 Å². The molecule has 5 nitrogen and oxygen atoms in total. The summed E-state index contributed by atoms with van der Waals surface area (Å²) in [6.07, 6.45) is 1.90. The molecule has 2 amide bonds. The van der Waals surface area contributed by atoms with Gasteiger partial charge >= 0.3 is 0 Å². The van der Waals surface area contributed by atoms with E-state index in [1.54, 1.807) is 23.5 Å². The summed E-state index contributed by atoms with van der Waals surface area (Å²) < 4.78 is 1.92. The maximum atomic E-state index is 12.6. The Balaban J connectivity index is 1.77. The highest BCUT2D eigenvalue weighted by atomic mass is 32.1. The lowest BCUT2D eigenvalue weighted by atomic mass is 10.1. The number of carbonyl (C=O) groups is 2. The molecule has 25 heavy (non-hydrogen) atoms. The van der Waals surface area contributed by atoms with Gasteiger partial charge in [0.15, 0.2) is 0 Å². The van der Waals surface area contributed by atoms with Gasteiger partial charge in [-0.25, -0.2) is 0 Å². The van der Waals surface area contributed by atoms with Crippen LogP contribution in [0.1, 0.15) is 27.9 Å². The second kappa shape index (κ2) is 7.36. The van der Waals surface area contributed by atoms with Gasteiger partial charge in [-0.15, -0.1) is 11.3 Å². The molecule has 3 aromatic rings. The van der Waals surface area contributed by atoms with Gasteiger partial charge in [0.25, 0.3) is 5.91 Å². The summed E-state index contributed by atoms with van der Waals surface area (Å²) in [6, 6.07) is 13.2. The van der Waals surface area contributed by atoms with Crippen LogP contribution in [0, 0.1) is 6.92 Å². The van der Waals surface area contributed by atoms with E-state index in [0.29, 0.717) is 23.6 Å². The predicted molar refractivity (Wildman–Crippen MR) is 101 cm³/mol. The molecule has 0 radical (unpaired) electrons. The van der Waals surface area contributed by atoms with Gasteiger partial charge in [0, 0.05) is 29.4 Å². The molecule has 2 aromatic heterocycles. The molecule has 1 aromatic carbocycles. The van der Waals surface area contributed by atoms with Crippen LogP contribution in [0.3, 0.4) is 0 Å². The van der Waals surface area contributed by atoms with Gasteiger partial charge < -0.3 is 15.2 Å². The smallest absolute Gasteiger partial charge is 0.272 e. The fraction of sp³-hybridized carbons (Fsp3) is 0.158. The van der Waals surface area contributed by atoms with Crippen molar-refractivity contribution in [3.63, 3.8) is 0 Å². The number of rotatable bonds is 5. The van der Waals surface area contributed by atoms with Crippen LogP contribution in [0.15, 0.2) is 54.0 Å². The van der Waals surface area contributed by atoms with Crippen LogP contribution in [0.5, 0.6) is 0 Å². The molecule has 2 N–H and O–H groups in total. The van der Waals surface area contributed by atoms with Crippen molar-refractivity contribution >= 4 is 34.5 Å². The first kappa shape index (κ1) is 17.0. The number of carbonyl (C=O) groups excluding carboxylic acids is 2. The van der Waals surface area contributed by atoms with Gasteiger partial charge in [0.05, 0.1) is 6.54 Å². The van der Waals surface area contributed by atoms with Crippen molar-refractivity contribution < 1.29 is 9.59 Å². The van der Waals surface area contributed by atoms with Crippen LogP contribution in [0.4, 0.5) is 11.4 Å². The van der Waals surface area contributed by atoms with Gasteiger partial charge in [-0.2, -0.15) is 0 Å². The third kappa shape index (κ3) is 4.16. The van der Waals surface area contributed by atoms with Crippen molar-refractivity contribution in [1.29, 1.82) is 0 Å². The lowest BCUT2D eigenvalue weighted by molar-refractivity contribution is -0.114. The van der Waals surface area contributed by atoms with Crippen LogP contribution in [0.25, 0.3) is 0 Å². The molecule has 0 atom stereocenters. The van der Waals surface area contributed by atoms with Crippen molar-refractivity contribution in [3.8, 4) is 0 Å². The maximum absolute atomic E-state index is 12.6. The largest absolute Gasteiger partial charge is 0.338 e. The SMILES string of the molecule is CC(=O)Nc1cc(NC(=O)c2cccn2Cc2cccs2)ccc1C. The summed E-state index contributed by atoms with van der Waals surface area (Å²) in [5, 5.41) is 7.69. The van der Waals surface area contributed by atoms with E-state index in [-0.39, 0.29) is 11.8 Å². The molecule has 0 bridgehead atoms. The Hall–Kier alpha value is -2.86. The first-order chi connectivity index (χ1) is 12.0. The molecule has 0 aliphatic rings. The quantitative estimate of drug-likeness (QED) is 0.725. The average Bonchev–Trinajstić information content (AvgIpc) is 3.22. The summed E-state index contributed by atoms with van der Waals surface area (Å²) in [5.41, 5.74) is 2.87. The highest BCUT2D eigenvalue weighted by molar-refractivity contribution is 7.09. The molecule has 6 heteroatoms. The van der Waals surface area contributed by atoms with E-state index >= 15 is 0 Å². The average molecular weight is 353 g/mol. The third-order valence-electron chi connectivity index (χ3n) is 3.77. The van der Waals surface area contributed by atoms with Crippen LogP contribution in [0.2, 0.25) is 0 Å². The van der Waals surface area contributed by atoms with Crippen LogP contribution < -0.4 is 10.6 Å². The lowest BCUT2D eigenvalue weighted by Gasteiger charge is -2.12. The van der Waals surface area contributed by atoms with Crippen LogP contribution in [-0.4, -0.2) is 16.4 Å². The highest BCUT2D eigenvalue weighted by Gasteiger charge is 2.12. The number of anilines is 2. The summed E-state index contributed by atoms with van der Waals surface area (Å²) in [5.74, 6) is -0.324. The zero-order chi connectivity index (χ0) is 17.8. The Kier molecular flexibility index (Phi) is 5.00. The molecule has 0 aliphatic heterocycles. The molecule has 2 heterocycles. The van der Waals surface area contributed by atoms with E-state index in [9.17, 15) is 9.59 Å². The van der Waals surface area contributed by atoms with E-state index < -0.39 is 0 Å². The molecular formula is C19H19N3O2S. The number of hydrogen-bond acceptors (Lipinski definition) is 3. The normalized spacial score (nSPS) is 10.5. The number of nitrogens with one attached hydrogen (secondary N) is 2. The molecule has 0 fully saturated rings. The standard InChI is InChI=1S/C19H19N3O2S/c1-13-7-8-15(11-17(13)20-14(2)23)21-19(24)18-6-3-9-22(18)12-16-5-4-10-25-16/h3-11H,12H2,1-2H3,(H,20,23)(H,21,24). The lowest BCUT2D eigenvalue weighted by Crippen LogP contribution is -2.17. The van der Waals surface area contributed by atoms with E-state index in [1.807, 2.05) is 53.4 Å². The summed E-state index contributed by atoms with van der Waals surface area (Å²) in [6.45, 7) is 4.03. The van der Waals surface area contributed by atoms with Crippen LogP contribution in [-0.2, 0) is 11.3 Å². The fourth-order valence-electron chi connectivity index (χ4n) is 2.55. The van der Waals surface area contributed by atoms with Crippen molar-refractivity contribution in [3.05, 3.63) is 70.2 Å². The third-order valence-corrected chi connectivity index (χ3v) is 4.64. The Morgan fingerprint density at radius 1 is 1.12 bits per heavy atom. The van der Waals surface area contributed by atoms with Gasteiger partial charge in [-0.1, -0.05) is 12.1 Å². The number of benzene rings is 1. The van der Waals surface area contributed by atoms with Gasteiger partial charge in [0.1, 0.15) is 5.69 Å². The van der Waals surface area contributed by atoms with Crippen molar-refractivity contribution in [2.45, 2.75) is 20.4 Å². The Morgan fingerprint density at radius 2 is 1.96 bits per heavy atom. The van der Waals surface area contributed by atoms with Crippen molar-refractivity contribution in [2.75, 3.05) is 10.6 Å². The molecule has 0 saturated carbocycles. The van der Waals surface area contributed by atoms with E-state index in [2.05, 4.69) is 10.6 Å². The molecule has 0 saturated heterocycles. The summed E-state index contributed by atoms with van der Waals surface area (Å²) >= 11 is 1.66.